The summed E-state index contributed by atoms with van der Waals surface area (Å²) in [7, 11) is 0. The van der Waals surface area contributed by atoms with Gasteiger partial charge in [0.05, 0.1) is 12.5 Å². The Hall–Kier alpha value is -3.46. The maximum absolute atomic E-state index is 12.9. The number of aliphatic imine (C=N–C) groups is 1. The van der Waals surface area contributed by atoms with Crippen LogP contribution in [0.15, 0.2) is 4.99 Å². The molecular weight excluding hydrogens is 452 g/mol. The number of primary amides is 1. The zero-order valence-corrected chi connectivity index (χ0v) is 19.5. The average molecular weight is 489 g/mol. The Morgan fingerprint density at radius 2 is 1.41 bits per heavy atom. The highest BCUT2D eigenvalue weighted by Gasteiger charge is 2.32. The molecule has 4 amide bonds. The number of nitrogens with two attached hydrogens (primary N) is 4. The van der Waals surface area contributed by atoms with E-state index in [0.717, 1.165) is 0 Å². The molecule has 0 saturated carbocycles. The highest BCUT2D eigenvalue weighted by atomic mass is 16.4. The van der Waals surface area contributed by atoms with E-state index in [1.54, 1.807) is 13.8 Å². The van der Waals surface area contributed by atoms with Crippen molar-refractivity contribution in [1.82, 2.24) is 16.0 Å². The number of nitrogens with zero attached hydrogens (tertiary/aromatic N) is 1. The van der Waals surface area contributed by atoms with Crippen molar-refractivity contribution in [3.8, 4) is 0 Å². The highest BCUT2D eigenvalue weighted by Crippen LogP contribution is 2.06. The zero-order chi connectivity index (χ0) is 26.6. The number of aliphatic carboxylic acids is 1. The number of guanidine groups is 1. The molecule has 5 unspecified atom stereocenters. The number of carboxylic acid groups (broad SMARTS) is 1. The summed E-state index contributed by atoms with van der Waals surface area (Å²) in [5.74, 6) is -5.54. The normalized spacial score (nSPS) is 15.2. The molecule has 194 valence electrons. The minimum absolute atomic E-state index is 0.00946. The van der Waals surface area contributed by atoms with Crippen LogP contribution in [0.4, 0.5) is 0 Å². The third-order valence-electron chi connectivity index (χ3n) is 4.67. The second-order valence-corrected chi connectivity index (χ2v) is 8.08. The molecule has 0 saturated heterocycles. The molecule has 15 nitrogen and oxygen atoms in total. The summed E-state index contributed by atoms with van der Waals surface area (Å²) in [6.07, 6.45) is -1.58. The van der Waals surface area contributed by atoms with Crippen molar-refractivity contribution in [2.75, 3.05) is 6.54 Å². The van der Waals surface area contributed by atoms with Crippen molar-refractivity contribution >= 4 is 35.6 Å². The SMILES string of the molecule is CC(C)C(NC(=O)C(CC(N)=O)NC(=O)C(CCCN=C(N)N)NC(=O)C(N)C(C)O)C(=O)O. The molecule has 0 fully saturated rings. The summed E-state index contributed by atoms with van der Waals surface area (Å²) in [4.78, 5) is 64.4. The van der Waals surface area contributed by atoms with Gasteiger partial charge in [-0.1, -0.05) is 13.8 Å². The largest absolute Gasteiger partial charge is 0.480 e. The minimum Gasteiger partial charge on any atom is -0.480 e. The van der Waals surface area contributed by atoms with Crippen molar-refractivity contribution < 1.29 is 34.2 Å². The first kappa shape index (κ1) is 30.5. The summed E-state index contributed by atoms with van der Waals surface area (Å²) in [5.41, 5.74) is 21.3. The van der Waals surface area contributed by atoms with Gasteiger partial charge in [-0.15, -0.1) is 0 Å². The Morgan fingerprint density at radius 3 is 1.85 bits per heavy atom. The van der Waals surface area contributed by atoms with Gasteiger partial charge in [0, 0.05) is 6.54 Å². The summed E-state index contributed by atoms with van der Waals surface area (Å²) in [6.45, 7) is 4.55. The fourth-order valence-electron chi connectivity index (χ4n) is 2.71. The van der Waals surface area contributed by atoms with E-state index in [1.165, 1.54) is 6.92 Å². The van der Waals surface area contributed by atoms with Gasteiger partial charge in [0.25, 0.3) is 0 Å². The molecule has 0 bridgehead atoms. The van der Waals surface area contributed by atoms with Gasteiger partial charge in [-0.3, -0.25) is 24.2 Å². The lowest BCUT2D eigenvalue weighted by molar-refractivity contribution is -0.143. The topological polar surface area (TPSA) is 278 Å². The molecule has 0 aliphatic rings. The lowest BCUT2D eigenvalue weighted by Gasteiger charge is -2.25. The summed E-state index contributed by atoms with van der Waals surface area (Å²) < 4.78 is 0. The van der Waals surface area contributed by atoms with Gasteiger partial charge in [-0.25, -0.2) is 4.79 Å². The Balaban J connectivity index is 5.62. The van der Waals surface area contributed by atoms with Gasteiger partial charge in [-0.2, -0.15) is 0 Å². The molecule has 0 heterocycles. The molecule has 0 radical (unpaired) electrons. The molecule has 13 N–H and O–H groups in total. The van der Waals surface area contributed by atoms with Crippen LogP contribution in [0.2, 0.25) is 0 Å². The van der Waals surface area contributed by atoms with Crippen LogP contribution < -0.4 is 38.9 Å². The Morgan fingerprint density at radius 1 is 0.882 bits per heavy atom. The lowest BCUT2D eigenvalue weighted by atomic mass is 10.0. The molecule has 5 atom stereocenters. The van der Waals surface area contributed by atoms with Crippen LogP contribution in [0, 0.1) is 5.92 Å². The lowest BCUT2D eigenvalue weighted by Crippen LogP contribution is -2.59. The van der Waals surface area contributed by atoms with Crippen LogP contribution in [0.25, 0.3) is 0 Å². The number of carbonyl (C=O) groups is 5. The molecule has 0 rings (SSSR count). The molecule has 0 aliphatic heterocycles. The highest BCUT2D eigenvalue weighted by molar-refractivity contribution is 5.96. The number of nitrogens with one attached hydrogen (secondary N) is 3. The average Bonchev–Trinajstić information content (AvgIpc) is 2.71. The molecule has 0 aromatic rings. The summed E-state index contributed by atoms with van der Waals surface area (Å²) in [5, 5.41) is 25.7. The predicted octanol–water partition coefficient (Wildman–Crippen LogP) is -4.18. The number of aliphatic hydroxyl groups is 1. The molecule has 0 spiro atoms. The molecular formula is C19H36N8O7. The molecule has 0 aromatic carbocycles. The Labute approximate surface area is 197 Å². The van der Waals surface area contributed by atoms with E-state index in [1.807, 2.05) is 0 Å². The van der Waals surface area contributed by atoms with E-state index < -0.39 is 72.2 Å². The van der Waals surface area contributed by atoms with Gasteiger partial charge in [0.15, 0.2) is 5.96 Å². The Kier molecular flexibility index (Phi) is 13.2. The van der Waals surface area contributed by atoms with Crippen LogP contribution in [-0.4, -0.2) is 82.6 Å². The number of aliphatic hydroxyl groups excluding tert-OH is 1. The van der Waals surface area contributed by atoms with Crippen molar-refractivity contribution in [3.63, 3.8) is 0 Å². The van der Waals surface area contributed by atoms with E-state index in [-0.39, 0.29) is 25.3 Å². The van der Waals surface area contributed by atoms with Crippen molar-refractivity contribution in [1.29, 1.82) is 0 Å². The maximum atomic E-state index is 12.9. The fourth-order valence-corrected chi connectivity index (χ4v) is 2.71. The first-order valence-corrected chi connectivity index (χ1v) is 10.6. The second-order valence-electron chi connectivity index (χ2n) is 8.08. The third kappa shape index (κ3) is 11.4. The van der Waals surface area contributed by atoms with E-state index in [0.29, 0.717) is 0 Å². The zero-order valence-electron chi connectivity index (χ0n) is 19.5. The van der Waals surface area contributed by atoms with Crippen LogP contribution in [0.1, 0.15) is 40.0 Å². The number of carboxylic acids is 1. The summed E-state index contributed by atoms with van der Waals surface area (Å²) >= 11 is 0. The Bertz CT molecular complexity index is 768. The standard InChI is InChI=1S/C19H36N8O7/c1-8(2)14(18(33)34)27-16(31)11(7-12(20)29)26-15(30)10(5-4-6-24-19(22)23)25-17(32)13(21)9(3)28/h8-11,13-14,28H,4-7,21H2,1-3H3,(H2,20,29)(H,25,32)(H,26,30)(H,27,31)(H,33,34)(H4,22,23,24). The molecule has 0 aliphatic carbocycles. The number of carbonyl (C=O) groups excluding carboxylic acids is 4. The second kappa shape index (κ2) is 14.6. The van der Waals surface area contributed by atoms with Gasteiger partial charge >= 0.3 is 5.97 Å². The number of hydrogen-bond donors (Lipinski definition) is 9. The fraction of sp³-hybridized carbons (Fsp3) is 0.684. The van der Waals surface area contributed by atoms with Gasteiger partial charge < -0.3 is 49.1 Å². The van der Waals surface area contributed by atoms with Crippen molar-refractivity contribution in [3.05, 3.63) is 0 Å². The number of rotatable bonds is 15. The number of amides is 4. The third-order valence-corrected chi connectivity index (χ3v) is 4.67. The minimum atomic E-state index is -1.51. The van der Waals surface area contributed by atoms with Gasteiger partial charge in [0.2, 0.25) is 23.6 Å². The first-order valence-electron chi connectivity index (χ1n) is 10.6. The van der Waals surface area contributed by atoms with Gasteiger partial charge in [-0.05, 0) is 25.7 Å². The van der Waals surface area contributed by atoms with E-state index in [2.05, 4.69) is 20.9 Å². The quantitative estimate of drug-likeness (QED) is 0.0608. The monoisotopic (exact) mass is 488 g/mol. The first-order chi connectivity index (χ1) is 15.7. The van der Waals surface area contributed by atoms with Crippen LogP contribution >= 0.6 is 0 Å². The maximum Gasteiger partial charge on any atom is 0.326 e. The van der Waals surface area contributed by atoms with Crippen molar-refractivity contribution in [2.24, 2.45) is 33.8 Å². The molecule has 15 heteroatoms. The summed E-state index contributed by atoms with van der Waals surface area (Å²) in [6, 6.07) is -5.36. The molecule has 0 aromatic heterocycles. The van der Waals surface area contributed by atoms with E-state index in [4.69, 9.17) is 22.9 Å². The molecule has 34 heavy (non-hydrogen) atoms. The van der Waals surface area contributed by atoms with E-state index in [9.17, 15) is 34.2 Å². The van der Waals surface area contributed by atoms with Crippen LogP contribution in [0.3, 0.4) is 0 Å². The van der Waals surface area contributed by atoms with Crippen LogP contribution in [-0.2, 0) is 24.0 Å². The number of hydrogen-bond acceptors (Lipinski definition) is 8. The smallest absolute Gasteiger partial charge is 0.326 e. The predicted molar refractivity (Wildman–Crippen MR) is 122 cm³/mol. The van der Waals surface area contributed by atoms with E-state index >= 15 is 0 Å². The van der Waals surface area contributed by atoms with Crippen molar-refractivity contribution in [2.45, 2.75) is 70.3 Å². The van der Waals surface area contributed by atoms with Gasteiger partial charge in [0.1, 0.15) is 24.2 Å². The van der Waals surface area contributed by atoms with Crippen LogP contribution in [0.5, 0.6) is 0 Å².